The van der Waals surface area contributed by atoms with Crippen LogP contribution in [0.3, 0.4) is 0 Å². The molecule has 1 amide bonds. The molecule has 6 heteroatoms. The lowest BCUT2D eigenvalue weighted by molar-refractivity contribution is -0.117. The van der Waals surface area contributed by atoms with Gasteiger partial charge in [-0.3, -0.25) is 10.1 Å². The fourth-order valence-corrected chi connectivity index (χ4v) is 3.81. The molecular weight excluding hydrogens is 340 g/mol. The van der Waals surface area contributed by atoms with Crippen LogP contribution in [-0.4, -0.2) is 27.6 Å². The molecule has 0 spiro atoms. The first-order chi connectivity index (χ1) is 13.2. The van der Waals surface area contributed by atoms with E-state index in [0.29, 0.717) is 23.9 Å². The number of carbonyl (C=O) groups is 1. The highest BCUT2D eigenvalue weighted by Crippen LogP contribution is 2.30. The Labute approximate surface area is 158 Å². The Morgan fingerprint density at radius 2 is 2.00 bits per heavy atom. The predicted molar refractivity (Wildman–Crippen MR) is 105 cm³/mol. The normalized spacial score (nSPS) is 15.0. The summed E-state index contributed by atoms with van der Waals surface area (Å²) < 4.78 is 7.13. The van der Waals surface area contributed by atoms with Crippen molar-refractivity contribution in [3.63, 3.8) is 0 Å². The van der Waals surface area contributed by atoms with Crippen LogP contribution in [0.1, 0.15) is 38.5 Å². The number of hydrogen-bond donors (Lipinski definition) is 1. The number of para-hydroxylation sites is 1. The molecule has 1 aliphatic rings. The molecule has 1 N–H and O–H groups in total. The van der Waals surface area contributed by atoms with E-state index in [9.17, 15) is 4.79 Å². The van der Waals surface area contributed by atoms with Crippen molar-refractivity contribution in [1.82, 2.24) is 14.6 Å². The third-order valence-electron chi connectivity index (χ3n) is 5.20. The Hall–Kier alpha value is -2.89. The van der Waals surface area contributed by atoms with Crippen LogP contribution in [0.4, 0.5) is 5.95 Å². The van der Waals surface area contributed by atoms with Crippen LogP contribution in [0.5, 0.6) is 5.75 Å². The number of benzene rings is 1. The van der Waals surface area contributed by atoms with Gasteiger partial charge in [0.05, 0.1) is 7.11 Å². The summed E-state index contributed by atoms with van der Waals surface area (Å²) >= 11 is 0. The number of rotatable bonds is 5. The van der Waals surface area contributed by atoms with Crippen molar-refractivity contribution in [2.75, 3.05) is 12.4 Å². The van der Waals surface area contributed by atoms with Gasteiger partial charge in [0.1, 0.15) is 5.75 Å². The van der Waals surface area contributed by atoms with E-state index in [0.717, 1.165) is 29.7 Å². The SMILES string of the molecule is COc1ccccc1-c1ccc2nc(NC(=O)CC3CCCCC3)nn2c1. The number of ether oxygens (including phenoxy) is 1. The van der Waals surface area contributed by atoms with E-state index in [2.05, 4.69) is 15.4 Å². The van der Waals surface area contributed by atoms with Crippen LogP contribution in [0.25, 0.3) is 16.8 Å². The van der Waals surface area contributed by atoms with Gasteiger partial charge >= 0.3 is 0 Å². The maximum absolute atomic E-state index is 12.3. The molecule has 1 saturated carbocycles. The Morgan fingerprint density at radius 1 is 1.19 bits per heavy atom. The van der Waals surface area contributed by atoms with Crippen molar-refractivity contribution in [2.24, 2.45) is 5.92 Å². The Balaban J connectivity index is 1.51. The molecule has 0 saturated heterocycles. The smallest absolute Gasteiger partial charge is 0.249 e. The molecule has 3 aromatic rings. The molecule has 1 fully saturated rings. The molecule has 0 aliphatic heterocycles. The van der Waals surface area contributed by atoms with Gasteiger partial charge < -0.3 is 4.74 Å². The number of hydrogen-bond acceptors (Lipinski definition) is 4. The molecule has 27 heavy (non-hydrogen) atoms. The summed E-state index contributed by atoms with van der Waals surface area (Å²) in [5.74, 6) is 1.65. The number of nitrogens with one attached hydrogen (secondary N) is 1. The van der Waals surface area contributed by atoms with Crippen molar-refractivity contribution in [3.05, 3.63) is 42.6 Å². The lowest BCUT2D eigenvalue weighted by Gasteiger charge is -2.20. The van der Waals surface area contributed by atoms with Crippen molar-refractivity contribution < 1.29 is 9.53 Å². The van der Waals surface area contributed by atoms with E-state index in [4.69, 9.17) is 4.74 Å². The topological polar surface area (TPSA) is 68.5 Å². The van der Waals surface area contributed by atoms with Gasteiger partial charge in [-0.1, -0.05) is 37.5 Å². The number of aromatic nitrogens is 3. The van der Waals surface area contributed by atoms with Crippen molar-refractivity contribution >= 4 is 17.5 Å². The van der Waals surface area contributed by atoms with Crippen molar-refractivity contribution in [3.8, 4) is 16.9 Å². The second-order valence-electron chi connectivity index (χ2n) is 7.11. The summed E-state index contributed by atoms with van der Waals surface area (Å²) in [7, 11) is 1.66. The number of carbonyl (C=O) groups excluding carboxylic acids is 1. The van der Waals surface area contributed by atoms with Gasteiger partial charge in [0.15, 0.2) is 5.65 Å². The third-order valence-corrected chi connectivity index (χ3v) is 5.20. The number of amides is 1. The lowest BCUT2D eigenvalue weighted by atomic mass is 9.87. The van der Waals surface area contributed by atoms with Gasteiger partial charge in [0.25, 0.3) is 0 Å². The number of methoxy groups -OCH3 is 1. The van der Waals surface area contributed by atoms with Gasteiger partial charge in [-0.25, -0.2) is 4.52 Å². The molecular formula is C21H24N4O2. The number of nitrogens with zero attached hydrogens (tertiary/aromatic N) is 3. The summed E-state index contributed by atoms with van der Waals surface area (Å²) in [6.07, 6.45) is 8.51. The molecule has 0 radical (unpaired) electrons. The van der Waals surface area contributed by atoms with E-state index in [1.807, 2.05) is 42.6 Å². The van der Waals surface area contributed by atoms with Crippen LogP contribution in [0.2, 0.25) is 0 Å². The molecule has 1 aromatic carbocycles. The number of pyridine rings is 1. The Morgan fingerprint density at radius 3 is 2.81 bits per heavy atom. The average Bonchev–Trinajstić information content (AvgIpc) is 3.09. The zero-order valence-corrected chi connectivity index (χ0v) is 15.5. The largest absolute Gasteiger partial charge is 0.496 e. The average molecular weight is 364 g/mol. The fourth-order valence-electron chi connectivity index (χ4n) is 3.81. The summed E-state index contributed by atoms with van der Waals surface area (Å²) in [5.41, 5.74) is 2.66. The minimum atomic E-state index is 0.00255. The third kappa shape index (κ3) is 3.94. The van der Waals surface area contributed by atoms with Gasteiger partial charge in [-0.15, -0.1) is 5.10 Å². The van der Waals surface area contributed by atoms with Gasteiger partial charge in [0, 0.05) is 23.7 Å². The summed E-state index contributed by atoms with van der Waals surface area (Å²) in [6, 6.07) is 11.7. The second-order valence-corrected chi connectivity index (χ2v) is 7.11. The van der Waals surface area contributed by atoms with E-state index < -0.39 is 0 Å². The predicted octanol–water partition coefficient (Wildman–Crippen LogP) is 4.31. The number of anilines is 1. The Kier molecular flexibility index (Phi) is 5.05. The van der Waals surface area contributed by atoms with Crippen LogP contribution in [-0.2, 0) is 4.79 Å². The maximum atomic E-state index is 12.3. The highest BCUT2D eigenvalue weighted by atomic mass is 16.5. The Bertz CT molecular complexity index is 944. The molecule has 0 atom stereocenters. The van der Waals surface area contributed by atoms with E-state index in [-0.39, 0.29) is 5.91 Å². The minimum absolute atomic E-state index is 0.00255. The molecule has 0 unspecified atom stereocenters. The summed E-state index contributed by atoms with van der Waals surface area (Å²) in [4.78, 5) is 16.7. The van der Waals surface area contributed by atoms with Gasteiger partial charge in [0.2, 0.25) is 11.9 Å². The molecule has 2 heterocycles. The molecule has 4 rings (SSSR count). The first-order valence-corrected chi connectivity index (χ1v) is 9.52. The van der Waals surface area contributed by atoms with Gasteiger partial charge in [-0.2, -0.15) is 4.98 Å². The zero-order valence-electron chi connectivity index (χ0n) is 15.5. The molecule has 1 aliphatic carbocycles. The van der Waals surface area contributed by atoms with E-state index in [1.165, 1.54) is 19.3 Å². The number of fused-ring (bicyclic) bond motifs is 1. The highest BCUT2D eigenvalue weighted by Gasteiger charge is 2.18. The zero-order chi connectivity index (χ0) is 18.6. The van der Waals surface area contributed by atoms with E-state index in [1.54, 1.807) is 11.6 Å². The lowest BCUT2D eigenvalue weighted by Crippen LogP contribution is -2.19. The summed E-state index contributed by atoms with van der Waals surface area (Å²) in [5, 5.41) is 7.27. The standard InChI is InChI=1S/C21H24N4O2/c1-27-18-10-6-5-9-17(18)16-11-12-19-22-21(24-25(19)14-16)23-20(26)13-15-7-3-2-4-8-15/h5-6,9-12,14-15H,2-4,7-8,13H2,1H3,(H,23,24,26). The highest BCUT2D eigenvalue weighted by molar-refractivity contribution is 5.89. The van der Waals surface area contributed by atoms with Crippen LogP contribution >= 0.6 is 0 Å². The first kappa shape index (κ1) is 17.5. The van der Waals surface area contributed by atoms with Crippen LogP contribution in [0, 0.1) is 5.92 Å². The van der Waals surface area contributed by atoms with Gasteiger partial charge in [-0.05, 0) is 37.0 Å². The summed E-state index contributed by atoms with van der Waals surface area (Å²) in [6.45, 7) is 0. The van der Waals surface area contributed by atoms with E-state index >= 15 is 0 Å². The monoisotopic (exact) mass is 364 g/mol. The van der Waals surface area contributed by atoms with Crippen LogP contribution < -0.4 is 10.1 Å². The quantitative estimate of drug-likeness (QED) is 0.732. The van der Waals surface area contributed by atoms with Crippen molar-refractivity contribution in [1.29, 1.82) is 0 Å². The molecule has 140 valence electrons. The molecule has 0 bridgehead atoms. The maximum Gasteiger partial charge on any atom is 0.249 e. The first-order valence-electron chi connectivity index (χ1n) is 9.52. The van der Waals surface area contributed by atoms with Crippen molar-refractivity contribution in [2.45, 2.75) is 38.5 Å². The molecule has 6 nitrogen and oxygen atoms in total. The molecule has 2 aromatic heterocycles. The minimum Gasteiger partial charge on any atom is -0.496 e. The fraction of sp³-hybridized carbons (Fsp3) is 0.381. The van der Waals surface area contributed by atoms with Crippen LogP contribution in [0.15, 0.2) is 42.6 Å². The second kappa shape index (κ2) is 7.78.